The molecule has 0 unspecified atom stereocenters. The highest BCUT2D eigenvalue weighted by molar-refractivity contribution is 6.30. The zero-order valence-corrected chi connectivity index (χ0v) is 11.9. The largest absolute Gasteiger partial charge is 0.381 e. The van der Waals surface area contributed by atoms with Gasteiger partial charge in [0.05, 0.1) is 17.6 Å². The van der Waals surface area contributed by atoms with Crippen molar-refractivity contribution in [3.63, 3.8) is 0 Å². The minimum atomic E-state index is 0.560. The Morgan fingerprint density at radius 1 is 1.25 bits per heavy atom. The molecular formula is C15H17ClN4. The van der Waals surface area contributed by atoms with Crippen LogP contribution in [0.25, 0.3) is 11.4 Å². The number of hydrogen-bond acceptors (Lipinski definition) is 4. The maximum absolute atomic E-state index is 5.91. The van der Waals surface area contributed by atoms with Crippen LogP contribution in [-0.4, -0.2) is 23.1 Å². The molecule has 1 fully saturated rings. The van der Waals surface area contributed by atoms with Gasteiger partial charge in [-0.2, -0.15) is 0 Å². The molecule has 1 heterocycles. The van der Waals surface area contributed by atoms with Crippen LogP contribution in [0.4, 0.5) is 5.69 Å². The second-order valence-corrected chi connectivity index (χ2v) is 5.43. The standard InChI is InChI=1S/C15H17ClN4/c16-12-5-3-11(4-6-12)15-19-9-13(18-8-7-17)14(20-15)10-1-2-10/h3-6,9-10,18H,1-2,7-8,17H2. The molecule has 104 valence electrons. The van der Waals surface area contributed by atoms with Gasteiger partial charge in [0.1, 0.15) is 0 Å². The number of benzene rings is 1. The topological polar surface area (TPSA) is 63.8 Å². The number of hydrogen-bond donors (Lipinski definition) is 2. The van der Waals surface area contributed by atoms with E-state index < -0.39 is 0 Å². The maximum Gasteiger partial charge on any atom is 0.159 e. The van der Waals surface area contributed by atoms with Crippen molar-refractivity contribution in [3.05, 3.63) is 41.2 Å². The number of aromatic nitrogens is 2. The maximum atomic E-state index is 5.91. The summed E-state index contributed by atoms with van der Waals surface area (Å²) in [5, 5.41) is 4.02. The van der Waals surface area contributed by atoms with E-state index in [1.165, 1.54) is 12.8 Å². The van der Waals surface area contributed by atoms with Crippen molar-refractivity contribution >= 4 is 17.3 Å². The van der Waals surface area contributed by atoms with E-state index in [2.05, 4.69) is 10.3 Å². The van der Waals surface area contributed by atoms with E-state index >= 15 is 0 Å². The lowest BCUT2D eigenvalue weighted by Gasteiger charge is -2.11. The molecule has 3 N–H and O–H groups in total. The van der Waals surface area contributed by atoms with Gasteiger partial charge in [-0.1, -0.05) is 11.6 Å². The number of nitrogens with two attached hydrogens (primary N) is 1. The predicted octanol–water partition coefficient (Wildman–Crippen LogP) is 3.05. The van der Waals surface area contributed by atoms with Crippen molar-refractivity contribution in [2.45, 2.75) is 18.8 Å². The summed E-state index contributed by atoms with van der Waals surface area (Å²) in [4.78, 5) is 9.17. The summed E-state index contributed by atoms with van der Waals surface area (Å²) in [5.74, 6) is 1.31. The fraction of sp³-hybridized carbons (Fsp3) is 0.333. The lowest BCUT2D eigenvalue weighted by molar-refractivity contribution is 0.964. The molecular weight excluding hydrogens is 272 g/mol. The summed E-state index contributed by atoms with van der Waals surface area (Å²) in [6.45, 7) is 1.34. The first-order valence-electron chi connectivity index (χ1n) is 6.85. The molecule has 0 spiro atoms. The fourth-order valence-corrected chi connectivity index (χ4v) is 2.27. The second-order valence-electron chi connectivity index (χ2n) is 4.99. The SMILES string of the molecule is NCCNc1cnc(-c2ccc(Cl)cc2)nc1C1CC1. The molecule has 5 heteroatoms. The van der Waals surface area contributed by atoms with Crippen molar-refractivity contribution < 1.29 is 0 Å². The monoisotopic (exact) mass is 288 g/mol. The Labute approximate surface area is 123 Å². The highest BCUT2D eigenvalue weighted by atomic mass is 35.5. The minimum Gasteiger partial charge on any atom is -0.381 e. The third-order valence-electron chi connectivity index (χ3n) is 3.34. The first kappa shape index (κ1) is 13.3. The molecule has 1 aliphatic carbocycles. The molecule has 1 saturated carbocycles. The van der Waals surface area contributed by atoms with Gasteiger partial charge in [0.15, 0.2) is 5.82 Å². The minimum absolute atomic E-state index is 0.560. The summed E-state index contributed by atoms with van der Waals surface area (Å²) in [6, 6.07) is 7.61. The first-order chi connectivity index (χ1) is 9.78. The van der Waals surface area contributed by atoms with Crippen molar-refractivity contribution in [3.8, 4) is 11.4 Å². The normalized spacial score (nSPS) is 14.3. The van der Waals surface area contributed by atoms with Crippen LogP contribution >= 0.6 is 11.6 Å². The van der Waals surface area contributed by atoms with Gasteiger partial charge in [-0.25, -0.2) is 9.97 Å². The van der Waals surface area contributed by atoms with Crippen LogP contribution in [0.5, 0.6) is 0 Å². The molecule has 1 aromatic heterocycles. The highest BCUT2D eigenvalue weighted by Gasteiger charge is 2.28. The lowest BCUT2D eigenvalue weighted by Crippen LogP contribution is -2.15. The fourth-order valence-electron chi connectivity index (χ4n) is 2.14. The Kier molecular flexibility index (Phi) is 3.85. The van der Waals surface area contributed by atoms with Crippen LogP contribution in [-0.2, 0) is 0 Å². The van der Waals surface area contributed by atoms with E-state index in [4.69, 9.17) is 22.3 Å². The molecule has 0 amide bonds. The Hall–Kier alpha value is -1.65. The summed E-state index contributed by atoms with van der Waals surface area (Å²) in [7, 11) is 0. The first-order valence-corrected chi connectivity index (χ1v) is 7.22. The summed E-state index contributed by atoms with van der Waals surface area (Å²) in [6.07, 6.45) is 4.27. The zero-order valence-electron chi connectivity index (χ0n) is 11.1. The third-order valence-corrected chi connectivity index (χ3v) is 3.60. The molecule has 1 aromatic carbocycles. The van der Waals surface area contributed by atoms with E-state index in [1.807, 2.05) is 30.5 Å². The Balaban J connectivity index is 1.92. The average molecular weight is 289 g/mol. The quantitative estimate of drug-likeness (QED) is 0.887. The van der Waals surface area contributed by atoms with Gasteiger partial charge in [-0.05, 0) is 37.1 Å². The van der Waals surface area contributed by atoms with E-state index in [-0.39, 0.29) is 0 Å². The Bertz CT molecular complexity index is 593. The van der Waals surface area contributed by atoms with Crippen molar-refractivity contribution in [2.24, 2.45) is 5.73 Å². The molecule has 4 nitrogen and oxygen atoms in total. The molecule has 0 aliphatic heterocycles. The molecule has 0 atom stereocenters. The van der Waals surface area contributed by atoms with Crippen molar-refractivity contribution in [2.75, 3.05) is 18.4 Å². The second kappa shape index (κ2) is 5.77. The number of nitrogens with one attached hydrogen (secondary N) is 1. The number of rotatable bonds is 5. The van der Waals surface area contributed by atoms with Crippen LogP contribution in [0.1, 0.15) is 24.5 Å². The highest BCUT2D eigenvalue weighted by Crippen LogP contribution is 2.42. The van der Waals surface area contributed by atoms with Crippen LogP contribution in [0.3, 0.4) is 0 Å². The van der Waals surface area contributed by atoms with Gasteiger partial charge in [0.25, 0.3) is 0 Å². The van der Waals surface area contributed by atoms with E-state index in [0.717, 1.165) is 34.3 Å². The Morgan fingerprint density at radius 2 is 2.00 bits per heavy atom. The molecule has 0 bridgehead atoms. The zero-order chi connectivity index (χ0) is 13.9. The predicted molar refractivity (Wildman–Crippen MR) is 82.0 cm³/mol. The van der Waals surface area contributed by atoms with Gasteiger partial charge in [-0.3, -0.25) is 0 Å². The van der Waals surface area contributed by atoms with Gasteiger partial charge in [-0.15, -0.1) is 0 Å². The van der Waals surface area contributed by atoms with Gasteiger partial charge in [0, 0.05) is 29.6 Å². The van der Waals surface area contributed by atoms with Crippen molar-refractivity contribution in [1.29, 1.82) is 0 Å². The van der Waals surface area contributed by atoms with Crippen LogP contribution in [0, 0.1) is 0 Å². The molecule has 0 radical (unpaired) electrons. The number of halogens is 1. The molecule has 3 rings (SSSR count). The van der Waals surface area contributed by atoms with E-state index in [1.54, 1.807) is 0 Å². The van der Waals surface area contributed by atoms with Crippen LogP contribution in [0.15, 0.2) is 30.5 Å². The molecule has 2 aromatic rings. The van der Waals surface area contributed by atoms with Crippen LogP contribution < -0.4 is 11.1 Å². The summed E-state index contributed by atoms with van der Waals surface area (Å²) >= 11 is 5.91. The summed E-state index contributed by atoms with van der Waals surface area (Å²) < 4.78 is 0. The van der Waals surface area contributed by atoms with E-state index in [0.29, 0.717) is 12.5 Å². The molecule has 1 aliphatic rings. The van der Waals surface area contributed by atoms with Crippen molar-refractivity contribution in [1.82, 2.24) is 9.97 Å². The van der Waals surface area contributed by atoms with E-state index in [9.17, 15) is 0 Å². The van der Waals surface area contributed by atoms with Gasteiger partial charge in [0.2, 0.25) is 0 Å². The van der Waals surface area contributed by atoms with Gasteiger partial charge < -0.3 is 11.1 Å². The average Bonchev–Trinajstić information content (AvgIpc) is 3.30. The molecule has 0 saturated heterocycles. The third kappa shape index (κ3) is 2.92. The number of nitrogens with zero attached hydrogens (tertiary/aromatic N) is 2. The van der Waals surface area contributed by atoms with Gasteiger partial charge >= 0.3 is 0 Å². The Morgan fingerprint density at radius 3 is 2.65 bits per heavy atom. The summed E-state index contributed by atoms with van der Waals surface area (Å²) in [5.41, 5.74) is 8.64. The van der Waals surface area contributed by atoms with Crippen LogP contribution in [0.2, 0.25) is 5.02 Å². The number of anilines is 1. The lowest BCUT2D eigenvalue weighted by atomic mass is 10.2. The molecule has 20 heavy (non-hydrogen) atoms. The smallest absolute Gasteiger partial charge is 0.159 e.